The van der Waals surface area contributed by atoms with Crippen LogP contribution in [-0.2, 0) is 0 Å². The van der Waals surface area contributed by atoms with E-state index in [0.29, 0.717) is 0 Å². The van der Waals surface area contributed by atoms with E-state index in [0.717, 1.165) is 11.5 Å². The SMILES string of the molecule is CNc1cccc(C=Cc2ccccc2)n1. The fourth-order valence-corrected chi connectivity index (χ4v) is 1.43. The summed E-state index contributed by atoms with van der Waals surface area (Å²) in [4.78, 5) is 4.41. The molecule has 1 aromatic heterocycles. The Labute approximate surface area is 95.7 Å². The summed E-state index contributed by atoms with van der Waals surface area (Å²) in [6, 6.07) is 16.1. The van der Waals surface area contributed by atoms with Gasteiger partial charge in [0.15, 0.2) is 0 Å². The number of nitrogens with one attached hydrogen (secondary N) is 1. The van der Waals surface area contributed by atoms with E-state index < -0.39 is 0 Å². The van der Waals surface area contributed by atoms with Crippen molar-refractivity contribution in [3.05, 3.63) is 59.8 Å². The van der Waals surface area contributed by atoms with Crippen LogP contribution < -0.4 is 5.32 Å². The largest absolute Gasteiger partial charge is 0.373 e. The summed E-state index contributed by atoms with van der Waals surface area (Å²) in [5.74, 6) is 0.884. The Morgan fingerprint density at radius 2 is 1.75 bits per heavy atom. The van der Waals surface area contributed by atoms with Crippen LogP contribution in [0.1, 0.15) is 11.3 Å². The zero-order valence-electron chi connectivity index (χ0n) is 9.22. The van der Waals surface area contributed by atoms with Gasteiger partial charge in [0.05, 0.1) is 5.69 Å². The summed E-state index contributed by atoms with van der Waals surface area (Å²) in [7, 11) is 1.87. The molecule has 0 atom stereocenters. The summed E-state index contributed by atoms with van der Waals surface area (Å²) in [6.07, 6.45) is 4.07. The van der Waals surface area contributed by atoms with Gasteiger partial charge in [0.25, 0.3) is 0 Å². The molecule has 0 aliphatic heterocycles. The number of anilines is 1. The highest BCUT2D eigenvalue weighted by atomic mass is 15.0. The van der Waals surface area contributed by atoms with Crippen LogP contribution in [0.15, 0.2) is 48.5 Å². The Hall–Kier alpha value is -2.09. The summed E-state index contributed by atoms with van der Waals surface area (Å²) < 4.78 is 0. The topological polar surface area (TPSA) is 24.9 Å². The van der Waals surface area contributed by atoms with Crippen LogP contribution >= 0.6 is 0 Å². The quantitative estimate of drug-likeness (QED) is 0.840. The number of nitrogens with zero attached hydrogens (tertiary/aromatic N) is 1. The van der Waals surface area contributed by atoms with Crippen molar-refractivity contribution in [2.75, 3.05) is 12.4 Å². The van der Waals surface area contributed by atoms with E-state index in [4.69, 9.17) is 0 Å². The van der Waals surface area contributed by atoms with Crippen molar-refractivity contribution < 1.29 is 0 Å². The first-order valence-electron chi connectivity index (χ1n) is 5.26. The molecule has 2 heteroatoms. The molecule has 1 N–H and O–H groups in total. The van der Waals surface area contributed by atoms with Crippen molar-refractivity contribution >= 4 is 18.0 Å². The molecule has 1 aromatic carbocycles. The molecule has 0 saturated heterocycles. The number of rotatable bonds is 3. The van der Waals surface area contributed by atoms with E-state index in [1.54, 1.807) is 0 Å². The third-order valence-corrected chi connectivity index (χ3v) is 2.27. The van der Waals surface area contributed by atoms with E-state index in [2.05, 4.69) is 28.5 Å². The van der Waals surface area contributed by atoms with E-state index >= 15 is 0 Å². The normalized spacial score (nSPS) is 10.6. The van der Waals surface area contributed by atoms with Gasteiger partial charge in [-0.2, -0.15) is 0 Å². The third kappa shape index (κ3) is 2.70. The van der Waals surface area contributed by atoms with Crippen LogP contribution in [0.3, 0.4) is 0 Å². The van der Waals surface area contributed by atoms with E-state index in [9.17, 15) is 0 Å². The maximum Gasteiger partial charge on any atom is 0.126 e. The van der Waals surface area contributed by atoms with Crippen LogP contribution in [0.2, 0.25) is 0 Å². The fraction of sp³-hybridized carbons (Fsp3) is 0.0714. The van der Waals surface area contributed by atoms with E-state index in [1.165, 1.54) is 5.56 Å². The molecule has 2 rings (SSSR count). The van der Waals surface area contributed by atoms with Crippen molar-refractivity contribution in [1.29, 1.82) is 0 Å². The van der Waals surface area contributed by atoms with Gasteiger partial charge in [-0.1, -0.05) is 42.5 Å². The first-order chi connectivity index (χ1) is 7.88. The van der Waals surface area contributed by atoms with Gasteiger partial charge < -0.3 is 5.32 Å². The first kappa shape index (κ1) is 10.4. The van der Waals surface area contributed by atoms with Crippen LogP contribution in [0.25, 0.3) is 12.2 Å². The van der Waals surface area contributed by atoms with E-state index in [-0.39, 0.29) is 0 Å². The highest BCUT2D eigenvalue weighted by Gasteiger charge is 1.91. The number of benzene rings is 1. The lowest BCUT2D eigenvalue weighted by Gasteiger charge is -1.99. The third-order valence-electron chi connectivity index (χ3n) is 2.27. The Kier molecular flexibility index (Phi) is 3.34. The first-order valence-corrected chi connectivity index (χ1v) is 5.26. The van der Waals surface area contributed by atoms with Gasteiger partial charge in [-0.15, -0.1) is 0 Å². The standard InChI is InChI=1S/C14H14N2/c1-15-14-9-5-8-13(16-14)11-10-12-6-3-2-4-7-12/h2-11H,1H3,(H,15,16). The van der Waals surface area contributed by atoms with E-state index in [1.807, 2.05) is 49.5 Å². The van der Waals surface area contributed by atoms with Crippen LogP contribution in [0.4, 0.5) is 5.82 Å². The molecular weight excluding hydrogens is 196 g/mol. The summed E-state index contributed by atoms with van der Waals surface area (Å²) >= 11 is 0. The van der Waals surface area contributed by atoms with Gasteiger partial charge >= 0.3 is 0 Å². The Bertz CT molecular complexity index is 475. The number of hydrogen-bond acceptors (Lipinski definition) is 2. The monoisotopic (exact) mass is 210 g/mol. The predicted octanol–water partition coefficient (Wildman–Crippen LogP) is 3.29. The zero-order chi connectivity index (χ0) is 11.2. The van der Waals surface area contributed by atoms with Crippen molar-refractivity contribution in [2.24, 2.45) is 0 Å². The lowest BCUT2D eigenvalue weighted by Crippen LogP contribution is -1.92. The molecular formula is C14H14N2. The molecule has 0 spiro atoms. The van der Waals surface area contributed by atoms with Gasteiger partial charge in [-0.3, -0.25) is 0 Å². The number of hydrogen-bond donors (Lipinski definition) is 1. The number of pyridine rings is 1. The minimum absolute atomic E-state index is 0.884. The summed E-state index contributed by atoms with van der Waals surface area (Å²) in [5.41, 5.74) is 2.13. The Morgan fingerprint density at radius 1 is 0.938 bits per heavy atom. The molecule has 0 bridgehead atoms. The van der Waals surface area contributed by atoms with Crippen molar-refractivity contribution in [3.63, 3.8) is 0 Å². The molecule has 0 unspecified atom stereocenters. The molecule has 80 valence electrons. The molecule has 0 radical (unpaired) electrons. The molecule has 16 heavy (non-hydrogen) atoms. The second-order valence-corrected chi connectivity index (χ2v) is 3.44. The Morgan fingerprint density at radius 3 is 2.50 bits per heavy atom. The molecule has 1 heterocycles. The smallest absolute Gasteiger partial charge is 0.126 e. The van der Waals surface area contributed by atoms with Gasteiger partial charge in [0.2, 0.25) is 0 Å². The van der Waals surface area contributed by atoms with Gasteiger partial charge in [-0.05, 0) is 23.8 Å². The highest BCUT2D eigenvalue weighted by molar-refractivity contribution is 5.68. The lowest BCUT2D eigenvalue weighted by molar-refractivity contribution is 1.26. The maximum absolute atomic E-state index is 4.41. The van der Waals surface area contributed by atoms with Crippen LogP contribution in [0.5, 0.6) is 0 Å². The molecule has 2 aromatic rings. The summed E-state index contributed by atoms with van der Waals surface area (Å²) in [5, 5.41) is 3.02. The van der Waals surface area contributed by atoms with Gasteiger partial charge in [0.1, 0.15) is 5.82 Å². The van der Waals surface area contributed by atoms with Crippen molar-refractivity contribution in [3.8, 4) is 0 Å². The average Bonchev–Trinajstić information content (AvgIpc) is 2.38. The maximum atomic E-state index is 4.41. The zero-order valence-corrected chi connectivity index (χ0v) is 9.22. The minimum atomic E-state index is 0.884. The second kappa shape index (κ2) is 5.12. The Balaban J connectivity index is 2.17. The van der Waals surface area contributed by atoms with Gasteiger partial charge in [0, 0.05) is 7.05 Å². The van der Waals surface area contributed by atoms with Crippen molar-refractivity contribution in [1.82, 2.24) is 4.98 Å². The molecule has 0 fully saturated rings. The molecule has 2 nitrogen and oxygen atoms in total. The van der Waals surface area contributed by atoms with Crippen LogP contribution in [0, 0.1) is 0 Å². The van der Waals surface area contributed by atoms with Gasteiger partial charge in [-0.25, -0.2) is 4.98 Å². The second-order valence-electron chi connectivity index (χ2n) is 3.44. The molecule has 0 aliphatic carbocycles. The predicted molar refractivity (Wildman–Crippen MR) is 69.2 cm³/mol. The van der Waals surface area contributed by atoms with Crippen LogP contribution in [-0.4, -0.2) is 12.0 Å². The number of aromatic nitrogens is 1. The average molecular weight is 210 g/mol. The van der Waals surface area contributed by atoms with Crippen molar-refractivity contribution in [2.45, 2.75) is 0 Å². The minimum Gasteiger partial charge on any atom is -0.373 e. The fourth-order valence-electron chi connectivity index (χ4n) is 1.43. The molecule has 0 saturated carbocycles. The molecule has 0 aliphatic rings. The lowest BCUT2D eigenvalue weighted by atomic mass is 10.2. The molecule has 0 amide bonds. The summed E-state index contributed by atoms with van der Waals surface area (Å²) in [6.45, 7) is 0. The highest BCUT2D eigenvalue weighted by Crippen LogP contribution is 2.08.